The molecule has 0 atom stereocenters. The van der Waals surface area contributed by atoms with E-state index < -0.39 is 10.1 Å². The van der Waals surface area contributed by atoms with Gasteiger partial charge in [-0.1, -0.05) is 66.2 Å². The summed E-state index contributed by atoms with van der Waals surface area (Å²) in [6.07, 6.45) is 3.40. The van der Waals surface area contributed by atoms with Crippen molar-refractivity contribution in [1.29, 1.82) is 0 Å². The van der Waals surface area contributed by atoms with Crippen LogP contribution in [0.5, 0.6) is 5.75 Å². The number of aromatic hydroxyl groups is 1. The fourth-order valence-electron chi connectivity index (χ4n) is 4.16. The molecule has 0 amide bonds. The molecule has 5 aromatic carbocycles. The molecule has 2 N–H and O–H groups in total. The second-order valence-electron chi connectivity index (χ2n) is 9.52. The lowest BCUT2D eigenvalue weighted by atomic mass is 10.1. The molecule has 5 aromatic rings. The molecule has 41 heavy (non-hydrogen) atoms. The van der Waals surface area contributed by atoms with E-state index in [2.05, 4.69) is 20.5 Å². The zero-order valence-corrected chi connectivity index (χ0v) is 23.1. The number of phenols is 1. The van der Waals surface area contributed by atoms with Crippen LogP contribution in [0.2, 0.25) is 0 Å². The van der Waals surface area contributed by atoms with Gasteiger partial charge in [0.05, 0.1) is 17.1 Å². The summed E-state index contributed by atoms with van der Waals surface area (Å²) in [4.78, 5) is -0.131. The number of rotatable bonds is 7. The van der Waals surface area contributed by atoms with E-state index in [4.69, 9.17) is 0 Å². The predicted molar refractivity (Wildman–Crippen MR) is 162 cm³/mol. The van der Waals surface area contributed by atoms with Crippen LogP contribution in [-0.4, -0.2) is 18.1 Å². The summed E-state index contributed by atoms with van der Waals surface area (Å²) in [5.74, 6) is 0.0937. The Balaban J connectivity index is 1.24. The third-order valence-corrected chi connectivity index (χ3v) is 7.23. The molecular weight excluding hydrogens is 536 g/mol. The highest BCUT2D eigenvalue weighted by Gasteiger charge is 2.14. The van der Waals surface area contributed by atoms with E-state index in [1.807, 2.05) is 43.3 Å². The number of nitrogens with zero attached hydrogens (tertiary/aromatic N) is 4. The first-order chi connectivity index (χ1) is 19.7. The predicted octanol–water partition coefficient (Wildman–Crippen LogP) is 9.41. The molecule has 0 saturated heterocycles. The average molecular weight is 563 g/mol. The molecule has 9 heteroatoms. The molecule has 204 valence electrons. The van der Waals surface area contributed by atoms with Crippen molar-refractivity contribution >= 4 is 55.8 Å². The Hall–Kier alpha value is -4.99. The second kappa shape index (κ2) is 11.6. The highest BCUT2D eigenvalue weighted by Crippen LogP contribution is 2.36. The van der Waals surface area contributed by atoms with Crippen molar-refractivity contribution in [3.8, 4) is 5.75 Å². The highest BCUT2D eigenvalue weighted by molar-refractivity contribution is 7.86. The molecule has 0 unspecified atom stereocenters. The van der Waals surface area contributed by atoms with Gasteiger partial charge in [-0.05, 0) is 84.5 Å². The number of aryl methyl sites for hydroxylation is 2. The van der Waals surface area contributed by atoms with Crippen LogP contribution < -0.4 is 0 Å². The molecule has 8 nitrogen and oxygen atoms in total. The van der Waals surface area contributed by atoms with E-state index in [0.29, 0.717) is 28.3 Å². The first kappa shape index (κ1) is 27.6. The van der Waals surface area contributed by atoms with E-state index in [-0.39, 0.29) is 10.6 Å². The minimum absolute atomic E-state index is 0.0937. The number of hydrogen-bond acceptors (Lipinski definition) is 7. The molecule has 0 heterocycles. The topological polar surface area (TPSA) is 124 Å². The number of hydrogen-bond donors (Lipinski definition) is 2. The molecule has 5 rings (SSSR count). The summed E-state index contributed by atoms with van der Waals surface area (Å²) in [5, 5.41) is 29.2. The van der Waals surface area contributed by atoms with Crippen LogP contribution in [0.15, 0.2) is 122 Å². The van der Waals surface area contributed by atoms with Crippen molar-refractivity contribution < 1.29 is 18.1 Å². The highest BCUT2D eigenvalue weighted by atomic mass is 32.2. The lowest BCUT2D eigenvalue weighted by molar-refractivity contribution is 0.481. The monoisotopic (exact) mass is 562 g/mol. The molecule has 0 bridgehead atoms. The van der Waals surface area contributed by atoms with Crippen LogP contribution in [0.1, 0.15) is 22.3 Å². The zero-order valence-electron chi connectivity index (χ0n) is 22.3. The Labute approximate surface area is 237 Å². The maximum atomic E-state index is 11.7. The Kier molecular flexibility index (Phi) is 7.82. The maximum absolute atomic E-state index is 11.7. The van der Waals surface area contributed by atoms with Crippen LogP contribution in [0, 0.1) is 13.8 Å². The van der Waals surface area contributed by atoms with Gasteiger partial charge in [0.25, 0.3) is 10.1 Å². The van der Waals surface area contributed by atoms with Crippen molar-refractivity contribution in [3.63, 3.8) is 0 Å². The van der Waals surface area contributed by atoms with Crippen molar-refractivity contribution in [2.45, 2.75) is 18.7 Å². The van der Waals surface area contributed by atoms with Gasteiger partial charge in [0.15, 0.2) is 5.75 Å². The van der Waals surface area contributed by atoms with E-state index in [0.717, 1.165) is 27.5 Å². The fraction of sp³-hybridized carbons (Fsp3) is 0.0625. The van der Waals surface area contributed by atoms with Gasteiger partial charge in [0.2, 0.25) is 0 Å². The summed E-state index contributed by atoms with van der Waals surface area (Å²) < 4.78 is 32.9. The Morgan fingerprint density at radius 2 is 1.20 bits per heavy atom. The normalized spacial score (nSPS) is 12.3. The Morgan fingerprint density at radius 3 is 1.83 bits per heavy atom. The minimum Gasteiger partial charge on any atom is -0.505 e. The molecule has 0 saturated carbocycles. The molecule has 0 spiro atoms. The quantitative estimate of drug-likeness (QED) is 0.116. The van der Waals surface area contributed by atoms with E-state index in [9.17, 15) is 18.1 Å². The van der Waals surface area contributed by atoms with Gasteiger partial charge in [0, 0.05) is 5.39 Å². The summed E-state index contributed by atoms with van der Waals surface area (Å²) in [7, 11) is -4.33. The maximum Gasteiger partial charge on any atom is 0.295 e. The van der Waals surface area contributed by atoms with Gasteiger partial charge < -0.3 is 5.11 Å². The van der Waals surface area contributed by atoms with E-state index >= 15 is 0 Å². The Bertz CT molecular complexity index is 1930. The van der Waals surface area contributed by atoms with Crippen LogP contribution in [0.25, 0.3) is 22.9 Å². The lowest BCUT2D eigenvalue weighted by Crippen LogP contribution is -2.01. The van der Waals surface area contributed by atoms with Gasteiger partial charge in [-0.25, -0.2) is 0 Å². The summed E-state index contributed by atoms with van der Waals surface area (Å²) in [6.45, 7) is 3.76. The van der Waals surface area contributed by atoms with Crippen molar-refractivity contribution in [1.82, 2.24) is 0 Å². The zero-order chi connectivity index (χ0) is 29.0. The molecule has 0 fully saturated rings. The van der Waals surface area contributed by atoms with E-state index in [1.54, 1.807) is 73.7 Å². The standard InChI is InChI=1S/C32H26N4O4S/c1-21-4-17-29-25(19-21)10-18-30(32(29)37)36-35-28-15-13-27(14-16-28)34-33-26-11-6-23(7-12-26)5-9-24-8-3-22(2)20-31(24)41(38,39)40/h3-20,37H,1-2H3,(H,38,39,40). The van der Waals surface area contributed by atoms with Crippen LogP contribution in [-0.2, 0) is 10.1 Å². The summed E-state index contributed by atoms with van der Waals surface area (Å²) in [5.41, 5.74) is 5.35. The summed E-state index contributed by atoms with van der Waals surface area (Å²) >= 11 is 0. The van der Waals surface area contributed by atoms with E-state index in [1.165, 1.54) is 6.07 Å². The summed E-state index contributed by atoms with van der Waals surface area (Å²) in [6, 6.07) is 28.7. The molecule has 0 aromatic heterocycles. The Morgan fingerprint density at radius 1 is 0.634 bits per heavy atom. The van der Waals surface area contributed by atoms with Gasteiger partial charge in [-0.15, -0.1) is 5.11 Å². The second-order valence-corrected chi connectivity index (χ2v) is 10.9. The number of fused-ring (bicyclic) bond motifs is 1. The number of azo groups is 2. The molecule has 0 radical (unpaired) electrons. The fourth-order valence-corrected chi connectivity index (χ4v) is 4.92. The third kappa shape index (κ3) is 6.78. The van der Waals surface area contributed by atoms with Crippen LogP contribution >= 0.6 is 0 Å². The first-order valence-electron chi connectivity index (χ1n) is 12.7. The third-order valence-electron chi connectivity index (χ3n) is 6.32. The molecule has 0 aliphatic rings. The van der Waals surface area contributed by atoms with Crippen molar-refractivity contribution in [3.05, 3.63) is 119 Å². The average Bonchev–Trinajstić information content (AvgIpc) is 2.95. The number of benzene rings is 5. The molecule has 0 aliphatic carbocycles. The van der Waals surface area contributed by atoms with Crippen LogP contribution in [0.4, 0.5) is 22.7 Å². The number of phenolic OH excluding ortho intramolecular Hbond substituents is 1. The van der Waals surface area contributed by atoms with Gasteiger partial charge >= 0.3 is 0 Å². The molecular formula is C32H26N4O4S. The van der Waals surface area contributed by atoms with Gasteiger partial charge in [0.1, 0.15) is 10.6 Å². The van der Waals surface area contributed by atoms with Crippen molar-refractivity contribution in [2.24, 2.45) is 20.5 Å². The van der Waals surface area contributed by atoms with Gasteiger partial charge in [-0.2, -0.15) is 23.8 Å². The largest absolute Gasteiger partial charge is 0.505 e. The smallest absolute Gasteiger partial charge is 0.295 e. The lowest BCUT2D eigenvalue weighted by Gasteiger charge is -2.04. The van der Waals surface area contributed by atoms with Crippen molar-refractivity contribution in [2.75, 3.05) is 0 Å². The minimum atomic E-state index is -4.33. The van der Waals surface area contributed by atoms with Gasteiger partial charge in [-0.3, -0.25) is 4.55 Å². The molecule has 0 aliphatic heterocycles. The van der Waals surface area contributed by atoms with Crippen LogP contribution in [0.3, 0.4) is 0 Å². The SMILES string of the molecule is Cc1ccc(C=Cc2ccc(N=Nc3ccc(N=Nc4ccc5cc(C)ccc5c4O)cc3)cc2)c(S(=O)(=O)O)c1. The first-order valence-corrected chi connectivity index (χ1v) is 14.1.